The maximum absolute atomic E-state index is 11.6. The van der Waals surface area contributed by atoms with Crippen LogP contribution in [0.2, 0.25) is 0 Å². The van der Waals surface area contributed by atoms with E-state index in [9.17, 15) is 4.79 Å². The lowest BCUT2D eigenvalue weighted by molar-refractivity contribution is -0.122. The summed E-state index contributed by atoms with van der Waals surface area (Å²) in [6.45, 7) is 6.29. The van der Waals surface area contributed by atoms with Crippen LogP contribution in [-0.2, 0) is 4.79 Å². The molecule has 0 saturated carbocycles. The van der Waals surface area contributed by atoms with Crippen molar-refractivity contribution in [3.63, 3.8) is 0 Å². The van der Waals surface area contributed by atoms with Crippen molar-refractivity contribution in [1.29, 1.82) is 5.26 Å². The Labute approximate surface area is 107 Å². The molecule has 0 unspecified atom stereocenters. The number of carbonyl (C=O) groups is 1. The average molecular weight is 246 g/mol. The van der Waals surface area contributed by atoms with Crippen molar-refractivity contribution in [2.24, 2.45) is 0 Å². The van der Waals surface area contributed by atoms with Gasteiger partial charge >= 0.3 is 0 Å². The molecular weight excluding hydrogens is 228 g/mol. The van der Waals surface area contributed by atoms with Gasteiger partial charge in [-0.2, -0.15) is 5.26 Å². The second kappa shape index (κ2) is 6.01. The molecule has 0 radical (unpaired) electrons. The fourth-order valence-electron chi connectivity index (χ4n) is 1.42. The highest BCUT2D eigenvalue weighted by molar-refractivity contribution is 5.77. The predicted octanol–water partition coefficient (Wildman–Crippen LogP) is 1.67. The fraction of sp³-hybridized carbons (Fsp3) is 0.462. The number of nitriles is 1. The van der Waals surface area contributed by atoms with E-state index in [0.717, 1.165) is 0 Å². The van der Waals surface area contributed by atoms with Crippen LogP contribution in [0.4, 0.5) is 5.69 Å². The van der Waals surface area contributed by atoms with Gasteiger partial charge in [0.15, 0.2) is 0 Å². The lowest BCUT2D eigenvalue weighted by atomic mass is 10.1. The molecule has 1 amide bonds. The molecule has 1 heterocycles. The van der Waals surface area contributed by atoms with Gasteiger partial charge in [-0.25, -0.2) is 0 Å². The monoisotopic (exact) mass is 246 g/mol. The third kappa shape index (κ3) is 4.83. The maximum Gasteiger partial charge on any atom is 0.222 e. The van der Waals surface area contributed by atoms with E-state index in [1.54, 1.807) is 18.5 Å². The second-order valence-electron chi connectivity index (χ2n) is 5.01. The molecule has 96 valence electrons. The van der Waals surface area contributed by atoms with E-state index in [1.807, 2.05) is 20.8 Å². The summed E-state index contributed by atoms with van der Waals surface area (Å²) in [4.78, 5) is 15.5. The second-order valence-corrected chi connectivity index (χ2v) is 5.01. The van der Waals surface area contributed by atoms with Gasteiger partial charge in [-0.15, -0.1) is 0 Å². The Hall–Kier alpha value is -2.09. The summed E-state index contributed by atoms with van der Waals surface area (Å²) >= 11 is 0. The Balaban J connectivity index is 2.43. The van der Waals surface area contributed by atoms with Gasteiger partial charge in [-0.1, -0.05) is 0 Å². The van der Waals surface area contributed by atoms with E-state index in [0.29, 0.717) is 24.2 Å². The van der Waals surface area contributed by atoms with Gasteiger partial charge in [0.05, 0.1) is 17.4 Å². The molecule has 18 heavy (non-hydrogen) atoms. The van der Waals surface area contributed by atoms with Gasteiger partial charge in [0.2, 0.25) is 5.91 Å². The number of amides is 1. The lowest BCUT2D eigenvalue weighted by Crippen LogP contribution is -2.41. The summed E-state index contributed by atoms with van der Waals surface area (Å²) in [6.07, 6.45) is 3.51. The highest BCUT2D eigenvalue weighted by Crippen LogP contribution is 2.11. The van der Waals surface area contributed by atoms with Crippen LogP contribution in [0.1, 0.15) is 32.8 Å². The minimum Gasteiger partial charge on any atom is -0.382 e. The number of hydrogen-bond acceptors (Lipinski definition) is 4. The van der Waals surface area contributed by atoms with Crippen LogP contribution in [0, 0.1) is 11.3 Å². The van der Waals surface area contributed by atoms with Crippen molar-refractivity contribution < 1.29 is 4.79 Å². The number of anilines is 1. The normalized spacial score (nSPS) is 10.6. The van der Waals surface area contributed by atoms with Crippen LogP contribution in [0.15, 0.2) is 18.5 Å². The van der Waals surface area contributed by atoms with Crippen molar-refractivity contribution in [3.8, 4) is 6.07 Å². The molecule has 5 heteroatoms. The molecule has 0 aliphatic carbocycles. The molecule has 0 saturated heterocycles. The van der Waals surface area contributed by atoms with Crippen molar-refractivity contribution in [2.75, 3.05) is 11.9 Å². The first-order valence-corrected chi connectivity index (χ1v) is 5.81. The Morgan fingerprint density at radius 3 is 2.83 bits per heavy atom. The molecule has 2 N–H and O–H groups in total. The van der Waals surface area contributed by atoms with Gasteiger partial charge in [0.25, 0.3) is 0 Å². The van der Waals surface area contributed by atoms with Crippen LogP contribution in [0.5, 0.6) is 0 Å². The van der Waals surface area contributed by atoms with Crippen LogP contribution in [-0.4, -0.2) is 23.0 Å². The van der Waals surface area contributed by atoms with Crippen molar-refractivity contribution in [2.45, 2.75) is 32.7 Å². The van der Waals surface area contributed by atoms with Crippen LogP contribution in [0.25, 0.3) is 0 Å². The molecule has 0 spiro atoms. The van der Waals surface area contributed by atoms with Gasteiger partial charge in [0, 0.05) is 24.7 Å². The Bertz CT molecular complexity index is 457. The smallest absolute Gasteiger partial charge is 0.222 e. The summed E-state index contributed by atoms with van der Waals surface area (Å²) in [5, 5.41) is 14.8. The molecule has 0 fully saturated rings. The minimum atomic E-state index is -0.219. The number of aromatic nitrogens is 1. The van der Waals surface area contributed by atoms with Gasteiger partial charge in [0.1, 0.15) is 6.07 Å². The zero-order valence-electron chi connectivity index (χ0n) is 10.9. The van der Waals surface area contributed by atoms with E-state index in [1.165, 1.54) is 0 Å². The summed E-state index contributed by atoms with van der Waals surface area (Å²) in [7, 11) is 0. The zero-order valence-corrected chi connectivity index (χ0v) is 10.9. The molecule has 1 aromatic rings. The molecule has 1 aromatic heterocycles. The van der Waals surface area contributed by atoms with E-state index in [-0.39, 0.29) is 11.4 Å². The molecule has 0 atom stereocenters. The summed E-state index contributed by atoms with van der Waals surface area (Å²) in [6, 6.07) is 3.71. The van der Waals surface area contributed by atoms with Crippen molar-refractivity contribution in [1.82, 2.24) is 10.3 Å². The molecule has 5 nitrogen and oxygen atoms in total. The molecular formula is C13H18N4O. The standard InChI is InChI=1S/C13H18N4O/c1-13(2,3)17-12(18)5-7-16-11-9-15-6-4-10(11)8-14/h4,6,9,16H,5,7H2,1-3H3,(H,17,18). The first kappa shape index (κ1) is 14.0. The highest BCUT2D eigenvalue weighted by Gasteiger charge is 2.13. The molecule has 0 bridgehead atoms. The molecule has 0 aliphatic heterocycles. The van der Waals surface area contributed by atoms with E-state index in [4.69, 9.17) is 5.26 Å². The zero-order chi connectivity index (χ0) is 13.6. The maximum atomic E-state index is 11.6. The number of rotatable bonds is 4. The highest BCUT2D eigenvalue weighted by atomic mass is 16.1. The van der Waals surface area contributed by atoms with Crippen LogP contribution < -0.4 is 10.6 Å². The van der Waals surface area contributed by atoms with Gasteiger partial charge in [-0.05, 0) is 26.8 Å². The number of pyridine rings is 1. The van der Waals surface area contributed by atoms with E-state index < -0.39 is 0 Å². The largest absolute Gasteiger partial charge is 0.382 e. The van der Waals surface area contributed by atoms with Crippen molar-refractivity contribution >= 4 is 11.6 Å². The lowest BCUT2D eigenvalue weighted by Gasteiger charge is -2.20. The summed E-state index contributed by atoms with van der Waals surface area (Å²) in [5.41, 5.74) is 0.966. The summed E-state index contributed by atoms with van der Waals surface area (Å²) < 4.78 is 0. The minimum absolute atomic E-state index is 0.0163. The first-order valence-electron chi connectivity index (χ1n) is 5.81. The van der Waals surface area contributed by atoms with E-state index in [2.05, 4.69) is 21.7 Å². The first-order chi connectivity index (χ1) is 8.42. The number of carbonyl (C=O) groups excluding carboxylic acids is 1. The average Bonchev–Trinajstić information content (AvgIpc) is 2.27. The Morgan fingerprint density at radius 1 is 1.50 bits per heavy atom. The van der Waals surface area contributed by atoms with Crippen LogP contribution in [0.3, 0.4) is 0 Å². The third-order valence-corrected chi connectivity index (χ3v) is 2.12. The van der Waals surface area contributed by atoms with Crippen LogP contribution >= 0.6 is 0 Å². The molecule has 0 aromatic carbocycles. The van der Waals surface area contributed by atoms with E-state index >= 15 is 0 Å². The number of nitrogens with one attached hydrogen (secondary N) is 2. The Kier molecular flexibility index (Phi) is 4.67. The topological polar surface area (TPSA) is 77.8 Å². The number of hydrogen-bond donors (Lipinski definition) is 2. The fourth-order valence-corrected chi connectivity index (χ4v) is 1.42. The molecule has 1 rings (SSSR count). The molecule has 0 aliphatic rings. The predicted molar refractivity (Wildman–Crippen MR) is 70.0 cm³/mol. The van der Waals surface area contributed by atoms with Gasteiger partial charge < -0.3 is 10.6 Å². The third-order valence-electron chi connectivity index (χ3n) is 2.12. The van der Waals surface area contributed by atoms with Gasteiger partial charge in [-0.3, -0.25) is 9.78 Å². The number of nitrogens with zero attached hydrogens (tertiary/aromatic N) is 2. The SMILES string of the molecule is CC(C)(C)NC(=O)CCNc1cnccc1C#N. The summed E-state index contributed by atoms with van der Waals surface area (Å²) in [5.74, 6) is -0.0163. The van der Waals surface area contributed by atoms with Crippen molar-refractivity contribution in [3.05, 3.63) is 24.0 Å². The quantitative estimate of drug-likeness (QED) is 0.847. The Morgan fingerprint density at radius 2 is 2.22 bits per heavy atom.